The van der Waals surface area contributed by atoms with Gasteiger partial charge in [0.15, 0.2) is 0 Å². The smallest absolute Gasteiger partial charge is 0.407 e. The highest BCUT2D eigenvalue weighted by atomic mass is 16.5. The molecule has 1 aliphatic heterocycles. The molecule has 4 rings (SSSR count). The van der Waals surface area contributed by atoms with Crippen LogP contribution in [0.5, 0.6) is 0 Å². The number of nitrogens with one attached hydrogen (secondary N) is 1. The number of ether oxygens (including phenoxy) is 1. The van der Waals surface area contributed by atoms with Gasteiger partial charge in [-0.05, 0) is 47.4 Å². The fraction of sp³-hybridized carbons (Fsp3) is 0.423. The topological polar surface area (TPSA) is 95.9 Å². The van der Waals surface area contributed by atoms with Crippen LogP contribution in [-0.2, 0) is 14.3 Å². The van der Waals surface area contributed by atoms with E-state index in [1.807, 2.05) is 50.2 Å². The zero-order valence-electron chi connectivity index (χ0n) is 19.0. The van der Waals surface area contributed by atoms with Crippen LogP contribution < -0.4 is 5.32 Å². The first kappa shape index (κ1) is 22.8. The van der Waals surface area contributed by atoms with Crippen molar-refractivity contribution in [1.82, 2.24) is 10.2 Å². The standard InChI is InChI=1S/C26H30N2O5/c1-16(2)14-22(24(29)28-13-7-12-23(28)25(30)31)27-26(32)33-15-21-19-10-5-3-8-17(19)18-9-4-6-11-20(18)21/h3-6,8-11,16,21-23H,7,12-15H2,1-2H3,(H,27,32)(H,30,31)/t22-,23+/m0/s1. The molecule has 2 aliphatic rings. The second-order valence-corrected chi connectivity index (χ2v) is 9.18. The molecule has 0 saturated carbocycles. The van der Waals surface area contributed by atoms with E-state index >= 15 is 0 Å². The predicted octanol–water partition coefficient (Wildman–Crippen LogP) is 4.02. The number of likely N-dealkylation sites (tertiary alicyclic amines) is 1. The molecule has 0 bridgehead atoms. The Morgan fingerprint density at radius 2 is 1.67 bits per heavy atom. The quantitative estimate of drug-likeness (QED) is 0.664. The molecule has 7 heteroatoms. The molecule has 1 fully saturated rings. The van der Waals surface area contributed by atoms with Gasteiger partial charge in [0, 0.05) is 12.5 Å². The normalized spacial score (nSPS) is 18.0. The van der Waals surface area contributed by atoms with E-state index in [1.165, 1.54) is 4.90 Å². The van der Waals surface area contributed by atoms with Crippen LogP contribution in [0.15, 0.2) is 48.5 Å². The van der Waals surface area contributed by atoms with Crippen molar-refractivity contribution in [2.24, 2.45) is 5.92 Å². The summed E-state index contributed by atoms with van der Waals surface area (Å²) in [4.78, 5) is 38.7. The number of carbonyl (C=O) groups is 3. The van der Waals surface area contributed by atoms with Crippen LogP contribution in [0.2, 0.25) is 0 Å². The minimum atomic E-state index is -1.01. The van der Waals surface area contributed by atoms with E-state index in [1.54, 1.807) is 0 Å². The Kier molecular flexibility index (Phi) is 6.67. The molecule has 0 unspecified atom stereocenters. The number of nitrogens with zero attached hydrogens (tertiary/aromatic N) is 1. The molecule has 2 amide bonds. The van der Waals surface area contributed by atoms with Gasteiger partial charge in [-0.25, -0.2) is 9.59 Å². The fourth-order valence-corrected chi connectivity index (χ4v) is 4.96. The number of rotatable bonds is 7. The van der Waals surface area contributed by atoms with Gasteiger partial charge in [0.25, 0.3) is 0 Å². The first-order chi connectivity index (χ1) is 15.9. The van der Waals surface area contributed by atoms with Crippen molar-refractivity contribution < 1.29 is 24.2 Å². The molecule has 174 valence electrons. The highest BCUT2D eigenvalue weighted by Crippen LogP contribution is 2.44. The zero-order valence-corrected chi connectivity index (χ0v) is 19.0. The first-order valence-electron chi connectivity index (χ1n) is 11.5. The van der Waals surface area contributed by atoms with Crippen LogP contribution in [0, 0.1) is 5.92 Å². The summed E-state index contributed by atoms with van der Waals surface area (Å²) in [5, 5.41) is 12.1. The van der Waals surface area contributed by atoms with Gasteiger partial charge in [-0.3, -0.25) is 4.79 Å². The molecular formula is C26H30N2O5. The van der Waals surface area contributed by atoms with E-state index < -0.39 is 24.1 Å². The van der Waals surface area contributed by atoms with Gasteiger partial charge in [-0.1, -0.05) is 62.4 Å². The number of hydrogen-bond donors (Lipinski definition) is 2. The van der Waals surface area contributed by atoms with E-state index in [9.17, 15) is 19.5 Å². The number of benzene rings is 2. The van der Waals surface area contributed by atoms with Crippen molar-refractivity contribution >= 4 is 18.0 Å². The molecule has 33 heavy (non-hydrogen) atoms. The van der Waals surface area contributed by atoms with E-state index in [-0.39, 0.29) is 24.3 Å². The average molecular weight is 451 g/mol. The lowest BCUT2D eigenvalue weighted by Crippen LogP contribution is -2.52. The molecule has 1 aliphatic carbocycles. The molecule has 7 nitrogen and oxygen atoms in total. The maximum atomic E-state index is 13.1. The molecule has 2 aromatic rings. The number of alkyl carbamates (subject to hydrolysis) is 1. The summed E-state index contributed by atoms with van der Waals surface area (Å²) in [5.74, 6) is -1.30. The summed E-state index contributed by atoms with van der Waals surface area (Å²) < 4.78 is 5.60. The lowest BCUT2D eigenvalue weighted by Gasteiger charge is -2.28. The van der Waals surface area contributed by atoms with E-state index in [0.717, 1.165) is 22.3 Å². The van der Waals surface area contributed by atoms with Crippen LogP contribution in [-0.4, -0.2) is 53.2 Å². The Hall–Kier alpha value is -3.35. The van der Waals surface area contributed by atoms with Crippen molar-refractivity contribution in [1.29, 1.82) is 0 Å². The Bertz CT molecular complexity index is 1000. The number of carbonyl (C=O) groups excluding carboxylic acids is 2. The molecule has 0 aromatic heterocycles. The second kappa shape index (κ2) is 9.65. The number of hydrogen-bond acceptors (Lipinski definition) is 4. The van der Waals surface area contributed by atoms with Gasteiger partial charge >= 0.3 is 12.1 Å². The third-order valence-electron chi connectivity index (χ3n) is 6.46. The van der Waals surface area contributed by atoms with Crippen LogP contribution in [0.3, 0.4) is 0 Å². The molecule has 1 saturated heterocycles. The third kappa shape index (κ3) is 4.72. The van der Waals surface area contributed by atoms with Gasteiger partial charge < -0.3 is 20.1 Å². The number of amides is 2. The number of carboxylic acids is 1. The average Bonchev–Trinajstić information content (AvgIpc) is 3.40. The minimum absolute atomic E-state index is 0.0719. The Morgan fingerprint density at radius 3 is 2.24 bits per heavy atom. The van der Waals surface area contributed by atoms with Crippen molar-refractivity contribution in [2.45, 2.75) is 51.1 Å². The van der Waals surface area contributed by atoms with Crippen LogP contribution in [0.25, 0.3) is 11.1 Å². The minimum Gasteiger partial charge on any atom is -0.480 e. The van der Waals surface area contributed by atoms with E-state index in [0.29, 0.717) is 25.8 Å². The second-order valence-electron chi connectivity index (χ2n) is 9.18. The van der Waals surface area contributed by atoms with Crippen LogP contribution in [0.1, 0.15) is 50.2 Å². The maximum absolute atomic E-state index is 13.1. The number of aliphatic carboxylic acids is 1. The van der Waals surface area contributed by atoms with E-state index in [2.05, 4.69) is 17.4 Å². The Labute approximate surface area is 193 Å². The Balaban J connectivity index is 1.44. The third-order valence-corrected chi connectivity index (χ3v) is 6.46. The molecule has 0 radical (unpaired) electrons. The van der Waals surface area contributed by atoms with Gasteiger partial charge in [0.05, 0.1) is 0 Å². The largest absolute Gasteiger partial charge is 0.480 e. The fourth-order valence-electron chi connectivity index (χ4n) is 4.96. The molecule has 1 heterocycles. The van der Waals surface area contributed by atoms with Crippen LogP contribution in [0.4, 0.5) is 4.79 Å². The lowest BCUT2D eigenvalue weighted by atomic mass is 9.98. The summed E-state index contributed by atoms with van der Waals surface area (Å²) >= 11 is 0. The molecule has 2 atom stereocenters. The number of carboxylic acid groups (broad SMARTS) is 1. The molecule has 2 aromatic carbocycles. The maximum Gasteiger partial charge on any atom is 0.407 e. The monoisotopic (exact) mass is 450 g/mol. The molecule has 2 N–H and O–H groups in total. The van der Waals surface area contributed by atoms with Crippen molar-refractivity contribution in [2.75, 3.05) is 13.2 Å². The summed E-state index contributed by atoms with van der Waals surface area (Å²) in [6.45, 7) is 4.46. The van der Waals surface area contributed by atoms with Gasteiger partial charge in [0.2, 0.25) is 5.91 Å². The van der Waals surface area contributed by atoms with Crippen molar-refractivity contribution in [3.05, 3.63) is 59.7 Å². The summed E-state index contributed by atoms with van der Waals surface area (Å²) in [6.07, 6.45) is 0.816. The lowest BCUT2D eigenvalue weighted by molar-refractivity contribution is -0.149. The van der Waals surface area contributed by atoms with Gasteiger partial charge in [0.1, 0.15) is 18.7 Å². The summed E-state index contributed by atoms with van der Waals surface area (Å²) in [7, 11) is 0. The van der Waals surface area contributed by atoms with Crippen molar-refractivity contribution in [3.63, 3.8) is 0 Å². The van der Waals surface area contributed by atoms with Gasteiger partial charge in [-0.2, -0.15) is 0 Å². The molecular weight excluding hydrogens is 420 g/mol. The summed E-state index contributed by atoms with van der Waals surface area (Å²) in [5.41, 5.74) is 4.51. The zero-order chi connectivity index (χ0) is 23.5. The summed E-state index contributed by atoms with van der Waals surface area (Å²) in [6, 6.07) is 14.5. The molecule has 0 spiro atoms. The van der Waals surface area contributed by atoms with Gasteiger partial charge in [-0.15, -0.1) is 0 Å². The SMILES string of the molecule is CC(C)C[C@H](NC(=O)OCC1c2ccccc2-c2ccccc21)C(=O)N1CCC[C@@H]1C(=O)O. The predicted molar refractivity (Wildman–Crippen MR) is 124 cm³/mol. The number of fused-ring (bicyclic) bond motifs is 3. The van der Waals surface area contributed by atoms with Crippen LogP contribution >= 0.6 is 0 Å². The Morgan fingerprint density at radius 1 is 1.06 bits per heavy atom. The first-order valence-corrected chi connectivity index (χ1v) is 11.5. The highest BCUT2D eigenvalue weighted by Gasteiger charge is 2.38. The highest BCUT2D eigenvalue weighted by molar-refractivity contribution is 5.89. The van der Waals surface area contributed by atoms with Crippen molar-refractivity contribution in [3.8, 4) is 11.1 Å². The van der Waals surface area contributed by atoms with E-state index in [4.69, 9.17) is 4.74 Å².